The fraction of sp³-hybridized carbons (Fsp3) is 0.125. The summed E-state index contributed by atoms with van der Waals surface area (Å²) in [6.45, 7) is 0. The van der Waals surface area contributed by atoms with E-state index in [1.165, 1.54) is 0 Å². The van der Waals surface area contributed by atoms with Gasteiger partial charge in [-0.15, -0.1) is 0 Å². The van der Waals surface area contributed by atoms with Crippen molar-refractivity contribution < 1.29 is 0 Å². The summed E-state index contributed by atoms with van der Waals surface area (Å²) < 4.78 is -1.59. The molecule has 68 valence electrons. The molecule has 0 aliphatic carbocycles. The summed E-state index contributed by atoms with van der Waals surface area (Å²) in [5.74, 6) is 0. The molecule has 5 heteroatoms. The summed E-state index contributed by atoms with van der Waals surface area (Å²) in [4.78, 5) is 0. The number of alkyl halides is 3. The number of halogens is 4. The predicted molar refractivity (Wildman–Crippen MR) is 55.4 cm³/mol. The monoisotopic (exact) mass is 253 g/mol. The number of hydrogen-bond donors (Lipinski definition) is 0. The first-order valence-corrected chi connectivity index (χ1v) is 4.74. The Kier molecular flexibility index (Phi) is 3.32. The Morgan fingerprint density at radius 1 is 1.23 bits per heavy atom. The average Bonchev–Trinajstić information content (AvgIpc) is 2.02. The van der Waals surface area contributed by atoms with Crippen LogP contribution in [0.15, 0.2) is 18.2 Å². The Morgan fingerprint density at radius 2 is 1.85 bits per heavy atom. The lowest BCUT2D eigenvalue weighted by molar-refractivity contribution is 1.23. The van der Waals surface area contributed by atoms with E-state index in [0.29, 0.717) is 11.1 Å². The fourth-order valence-corrected chi connectivity index (χ4v) is 1.76. The number of nitrogens with zero attached hydrogens (tertiary/aromatic N) is 1. The summed E-state index contributed by atoms with van der Waals surface area (Å²) in [5, 5.41) is 8.83. The van der Waals surface area contributed by atoms with Gasteiger partial charge in [-0.2, -0.15) is 5.26 Å². The highest BCUT2D eigenvalue weighted by Crippen LogP contribution is 2.42. The molecule has 1 rings (SSSR count). The van der Waals surface area contributed by atoms with E-state index in [9.17, 15) is 0 Å². The molecule has 1 aromatic carbocycles. The molecule has 0 fully saturated rings. The van der Waals surface area contributed by atoms with Crippen molar-refractivity contribution in [3.63, 3.8) is 0 Å². The summed E-state index contributed by atoms with van der Waals surface area (Å²) >= 11 is 22.7. The fourth-order valence-electron chi connectivity index (χ4n) is 0.837. The van der Waals surface area contributed by atoms with Gasteiger partial charge in [0, 0.05) is 5.56 Å². The van der Waals surface area contributed by atoms with Crippen LogP contribution < -0.4 is 0 Å². The molecule has 0 radical (unpaired) electrons. The molecule has 0 aromatic heterocycles. The quantitative estimate of drug-likeness (QED) is 0.641. The second kappa shape index (κ2) is 3.94. The molecule has 0 spiro atoms. The minimum atomic E-state index is -1.59. The van der Waals surface area contributed by atoms with Crippen LogP contribution in [0.5, 0.6) is 0 Å². The molecule has 0 atom stereocenters. The van der Waals surface area contributed by atoms with Gasteiger partial charge in [0.15, 0.2) is 0 Å². The molecule has 0 saturated carbocycles. The van der Waals surface area contributed by atoms with Gasteiger partial charge in [-0.05, 0) is 6.07 Å². The van der Waals surface area contributed by atoms with E-state index in [0.717, 1.165) is 0 Å². The van der Waals surface area contributed by atoms with E-state index in [-0.39, 0.29) is 5.02 Å². The van der Waals surface area contributed by atoms with Crippen LogP contribution >= 0.6 is 46.4 Å². The van der Waals surface area contributed by atoms with Crippen LogP contribution in [0, 0.1) is 11.3 Å². The van der Waals surface area contributed by atoms with Gasteiger partial charge < -0.3 is 0 Å². The third kappa shape index (κ3) is 2.42. The molecular formula is C8H3Cl4N. The molecule has 1 nitrogen and oxygen atoms in total. The Hall–Kier alpha value is -0.130. The van der Waals surface area contributed by atoms with Crippen molar-refractivity contribution in [2.75, 3.05) is 0 Å². The third-order valence-corrected chi connectivity index (χ3v) is 2.44. The van der Waals surface area contributed by atoms with Crippen LogP contribution in [0.3, 0.4) is 0 Å². The van der Waals surface area contributed by atoms with Gasteiger partial charge in [0.25, 0.3) is 0 Å². The lowest BCUT2D eigenvalue weighted by atomic mass is 10.1. The number of benzene rings is 1. The van der Waals surface area contributed by atoms with Crippen molar-refractivity contribution in [1.82, 2.24) is 0 Å². The van der Waals surface area contributed by atoms with Gasteiger partial charge in [0.05, 0.1) is 10.6 Å². The van der Waals surface area contributed by atoms with Crippen molar-refractivity contribution in [1.29, 1.82) is 5.26 Å². The minimum Gasteiger partial charge on any atom is -0.192 e. The van der Waals surface area contributed by atoms with Gasteiger partial charge >= 0.3 is 0 Å². The number of hydrogen-bond acceptors (Lipinski definition) is 1. The maximum absolute atomic E-state index is 8.64. The molecule has 0 amide bonds. The summed E-state index contributed by atoms with van der Waals surface area (Å²) in [6.07, 6.45) is 0. The molecule has 0 bridgehead atoms. The topological polar surface area (TPSA) is 23.8 Å². The summed E-state index contributed by atoms with van der Waals surface area (Å²) in [7, 11) is 0. The Morgan fingerprint density at radius 3 is 2.31 bits per heavy atom. The van der Waals surface area contributed by atoms with Crippen molar-refractivity contribution in [2.24, 2.45) is 0 Å². The van der Waals surface area contributed by atoms with Crippen molar-refractivity contribution >= 4 is 46.4 Å². The highest BCUT2D eigenvalue weighted by atomic mass is 35.6. The average molecular weight is 255 g/mol. The standard InChI is InChI=1S/C8H3Cl4N/c9-7-5(4-13)2-1-3-6(7)8(10,11)12/h1-3H. The van der Waals surface area contributed by atoms with E-state index < -0.39 is 3.79 Å². The number of rotatable bonds is 0. The first-order valence-electron chi connectivity index (χ1n) is 3.22. The van der Waals surface area contributed by atoms with Crippen LogP contribution in [-0.2, 0) is 3.79 Å². The molecular weight excluding hydrogens is 252 g/mol. The first-order chi connectivity index (χ1) is 5.96. The molecule has 0 unspecified atom stereocenters. The van der Waals surface area contributed by atoms with Gasteiger partial charge in [-0.3, -0.25) is 0 Å². The Labute approximate surface area is 95.8 Å². The smallest absolute Gasteiger partial charge is 0.192 e. The van der Waals surface area contributed by atoms with Gasteiger partial charge in [-0.25, -0.2) is 0 Å². The third-order valence-electron chi connectivity index (χ3n) is 1.42. The van der Waals surface area contributed by atoms with E-state index in [1.807, 2.05) is 6.07 Å². The molecule has 1 aromatic rings. The summed E-state index contributed by atoms with van der Waals surface area (Å²) in [5.41, 5.74) is 0.615. The maximum atomic E-state index is 8.64. The zero-order valence-corrected chi connectivity index (χ0v) is 9.21. The van der Waals surface area contributed by atoms with E-state index in [1.54, 1.807) is 18.2 Å². The number of nitriles is 1. The Balaban J connectivity index is 3.34. The van der Waals surface area contributed by atoms with E-state index in [2.05, 4.69) is 0 Å². The lowest BCUT2D eigenvalue weighted by Gasteiger charge is -2.13. The summed E-state index contributed by atoms with van der Waals surface area (Å²) in [6, 6.07) is 6.64. The molecule has 0 saturated heterocycles. The van der Waals surface area contributed by atoms with Crippen LogP contribution in [0.2, 0.25) is 5.02 Å². The lowest BCUT2D eigenvalue weighted by Crippen LogP contribution is -2.01. The normalized spacial score (nSPS) is 11.0. The second-order valence-corrected chi connectivity index (χ2v) is 4.94. The molecule has 0 N–H and O–H groups in total. The van der Waals surface area contributed by atoms with Crippen LogP contribution in [-0.4, -0.2) is 0 Å². The van der Waals surface area contributed by atoms with Crippen LogP contribution in [0.4, 0.5) is 0 Å². The largest absolute Gasteiger partial charge is 0.217 e. The minimum absolute atomic E-state index is 0.185. The van der Waals surface area contributed by atoms with Gasteiger partial charge in [0.1, 0.15) is 6.07 Å². The van der Waals surface area contributed by atoms with Crippen LogP contribution in [0.25, 0.3) is 0 Å². The zero-order chi connectivity index (χ0) is 10.1. The molecule has 0 aliphatic rings. The molecule has 13 heavy (non-hydrogen) atoms. The zero-order valence-electron chi connectivity index (χ0n) is 6.19. The predicted octanol–water partition coefficient (Wildman–Crippen LogP) is 4.04. The first kappa shape index (κ1) is 10.9. The van der Waals surface area contributed by atoms with Crippen molar-refractivity contribution in [3.8, 4) is 6.07 Å². The molecule has 0 aliphatic heterocycles. The highest BCUT2D eigenvalue weighted by Gasteiger charge is 2.26. The molecule has 0 heterocycles. The van der Waals surface area contributed by atoms with Crippen LogP contribution in [0.1, 0.15) is 11.1 Å². The van der Waals surface area contributed by atoms with Gasteiger partial charge in [0.2, 0.25) is 3.79 Å². The van der Waals surface area contributed by atoms with Crippen molar-refractivity contribution in [2.45, 2.75) is 3.79 Å². The van der Waals surface area contributed by atoms with E-state index >= 15 is 0 Å². The second-order valence-electron chi connectivity index (χ2n) is 2.28. The van der Waals surface area contributed by atoms with Gasteiger partial charge in [-0.1, -0.05) is 58.5 Å². The maximum Gasteiger partial charge on any atom is 0.217 e. The van der Waals surface area contributed by atoms with E-state index in [4.69, 9.17) is 51.7 Å². The SMILES string of the molecule is N#Cc1cccc(C(Cl)(Cl)Cl)c1Cl. The highest BCUT2D eigenvalue weighted by molar-refractivity contribution is 6.67. The van der Waals surface area contributed by atoms with Crippen molar-refractivity contribution in [3.05, 3.63) is 34.3 Å². The Bertz CT molecular complexity index is 361.